The molecule has 0 saturated carbocycles. The second-order valence-corrected chi connectivity index (χ2v) is 10.3. The van der Waals surface area contributed by atoms with Crippen LogP contribution in [0, 0.1) is 0 Å². The minimum atomic E-state index is -1.24. The van der Waals surface area contributed by atoms with Gasteiger partial charge in [0.05, 0.1) is 18.2 Å². The zero-order valence-electron chi connectivity index (χ0n) is 19.5. The Morgan fingerprint density at radius 1 is 1.12 bits per heavy atom. The molecule has 2 aliphatic heterocycles. The van der Waals surface area contributed by atoms with E-state index in [0.717, 1.165) is 22.3 Å². The Morgan fingerprint density at radius 3 is 2.42 bits per heavy atom. The average molecular weight is 477 g/mol. The van der Waals surface area contributed by atoms with Gasteiger partial charge in [-0.1, -0.05) is 62.7 Å². The Labute approximate surface area is 200 Å². The number of aliphatic hydroxyl groups excluding tert-OH is 3. The van der Waals surface area contributed by atoms with Crippen molar-refractivity contribution in [3.63, 3.8) is 0 Å². The highest BCUT2D eigenvalue weighted by atomic mass is 35.5. The zero-order chi connectivity index (χ0) is 23.9. The maximum absolute atomic E-state index is 10.6. The summed E-state index contributed by atoms with van der Waals surface area (Å²) in [5.41, 5.74) is 5.06. The van der Waals surface area contributed by atoms with Crippen molar-refractivity contribution in [2.24, 2.45) is 0 Å². The smallest absolute Gasteiger partial charge is 0.141 e. The summed E-state index contributed by atoms with van der Waals surface area (Å²) in [5.74, 6) is 0.634. The fraction of sp³-hybridized carbons (Fsp3) is 0.538. The van der Waals surface area contributed by atoms with Gasteiger partial charge in [-0.25, -0.2) is 0 Å². The number of rotatable bonds is 5. The Balaban J connectivity index is 1.73. The van der Waals surface area contributed by atoms with Crippen molar-refractivity contribution in [3.05, 3.63) is 63.2 Å². The van der Waals surface area contributed by atoms with Crippen LogP contribution in [0.1, 0.15) is 54.7 Å². The maximum Gasteiger partial charge on any atom is 0.141 e. The van der Waals surface area contributed by atoms with Gasteiger partial charge in [0.1, 0.15) is 36.3 Å². The van der Waals surface area contributed by atoms with Gasteiger partial charge in [0.2, 0.25) is 0 Å². The van der Waals surface area contributed by atoms with Crippen molar-refractivity contribution in [1.29, 1.82) is 0 Å². The lowest BCUT2D eigenvalue weighted by Crippen LogP contribution is -2.56. The summed E-state index contributed by atoms with van der Waals surface area (Å²) in [4.78, 5) is 0. The summed E-state index contributed by atoms with van der Waals surface area (Å²) < 4.78 is 17.5. The summed E-state index contributed by atoms with van der Waals surface area (Å²) in [6.07, 6.45) is -3.58. The van der Waals surface area contributed by atoms with Crippen LogP contribution in [0.15, 0.2) is 30.3 Å². The molecule has 2 aromatic rings. The lowest BCUT2D eigenvalue weighted by atomic mass is 9.85. The average Bonchev–Trinajstić information content (AvgIpc) is 3.28. The topological polar surface area (TPSA) is 88.4 Å². The highest BCUT2D eigenvalue weighted by Crippen LogP contribution is 2.45. The molecule has 0 aliphatic carbocycles. The number of hydrogen-bond acceptors (Lipinski definition) is 6. The van der Waals surface area contributed by atoms with E-state index >= 15 is 0 Å². The number of methoxy groups -OCH3 is 1. The molecule has 0 amide bonds. The summed E-state index contributed by atoms with van der Waals surface area (Å²) >= 11 is 6.77. The standard InChI is InChI=1S/C26H33ClO6/c1-26(2,3)16-7-5-14(6-8-16)11-15-12-18(17-9-10-32-23(17)20(15)27)24-25(31-4)22(30)21(29)19(13-28)33-24/h5-8,12,19,21-22,24-25,28-30H,9-11,13H2,1-4H3. The first kappa shape index (κ1) is 24.5. The Morgan fingerprint density at radius 2 is 1.82 bits per heavy atom. The maximum atomic E-state index is 10.6. The number of fused-ring (bicyclic) bond motifs is 1. The van der Waals surface area contributed by atoms with Crippen LogP contribution in [0.2, 0.25) is 5.02 Å². The SMILES string of the molecule is COC1C(c2cc(Cc3ccc(C(C)(C)C)cc3)c(Cl)c3c2CCO3)OC(CO)C(O)C1O. The van der Waals surface area contributed by atoms with E-state index in [9.17, 15) is 15.3 Å². The predicted molar refractivity (Wildman–Crippen MR) is 126 cm³/mol. The minimum Gasteiger partial charge on any atom is -0.491 e. The molecular formula is C26H33ClO6. The van der Waals surface area contributed by atoms with Crippen LogP contribution in [0.5, 0.6) is 5.75 Å². The molecule has 4 rings (SSSR count). The van der Waals surface area contributed by atoms with Crippen LogP contribution in [0.25, 0.3) is 0 Å². The van der Waals surface area contributed by atoms with Crippen LogP contribution in [-0.2, 0) is 27.7 Å². The van der Waals surface area contributed by atoms with Gasteiger partial charge in [0.15, 0.2) is 0 Å². The molecule has 0 bridgehead atoms. The lowest BCUT2D eigenvalue weighted by Gasteiger charge is -2.42. The molecule has 6 nitrogen and oxygen atoms in total. The number of benzene rings is 2. The molecule has 33 heavy (non-hydrogen) atoms. The van der Waals surface area contributed by atoms with Gasteiger partial charge in [-0.2, -0.15) is 0 Å². The van der Waals surface area contributed by atoms with E-state index in [2.05, 4.69) is 45.0 Å². The molecule has 5 unspecified atom stereocenters. The highest BCUT2D eigenvalue weighted by Gasteiger charge is 2.46. The number of ether oxygens (including phenoxy) is 3. The molecule has 0 spiro atoms. The van der Waals surface area contributed by atoms with Gasteiger partial charge < -0.3 is 29.5 Å². The molecular weight excluding hydrogens is 444 g/mol. The summed E-state index contributed by atoms with van der Waals surface area (Å²) in [6, 6.07) is 10.5. The highest BCUT2D eigenvalue weighted by molar-refractivity contribution is 6.33. The molecule has 1 saturated heterocycles. The van der Waals surface area contributed by atoms with E-state index in [1.165, 1.54) is 12.7 Å². The second kappa shape index (κ2) is 9.53. The minimum absolute atomic E-state index is 0.0763. The van der Waals surface area contributed by atoms with Gasteiger partial charge in [0.25, 0.3) is 0 Å². The molecule has 3 N–H and O–H groups in total. The third-order valence-corrected chi connectivity index (χ3v) is 7.11. The van der Waals surface area contributed by atoms with Crippen LogP contribution >= 0.6 is 11.6 Å². The molecule has 2 heterocycles. The van der Waals surface area contributed by atoms with Crippen molar-refractivity contribution in [2.75, 3.05) is 20.3 Å². The van der Waals surface area contributed by atoms with Gasteiger partial charge in [-0.05, 0) is 34.1 Å². The van der Waals surface area contributed by atoms with Crippen molar-refractivity contribution in [3.8, 4) is 5.75 Å². The van der Waals surface area contributed by atoms with Crippen molar-refractivity contribution < 1.29 is 29.5 Å². The third-order valence-electron chi connectivity index (χ3n) is 6.69. The fourth-order valence-corrected chi connectivity index (χ4v) is 5.03. The number of halogens is 1. The molecule has 0 aromatic heterocycles. The first-order valence-corrected chi connectivity index (χ1v) is 11.7. The van der Waals surface area contributed by atoms with E-state index in [4.69, 9.17) is 25.8 Å². The van der Waals surface area contributed by atoms with Crippen LogP contribution in [0.4, 0.5) is 0 Å². The van der Waals surface area contributed by atoms with E-state index in [1.54, 1.807) is 0 Å². The molecule has 7 heteroatoms. The Hall–Kier alpha value is -1.67. The first-order valence-electron chi connectivity index (χ1n) is 11.4. The van der Waals surface area contributed by atoms with Crippen LogP contribution in [-0.4, -0.2) is 60.1 Å². The molecule has 2 aromatic carbocycles. The predicted octanol–water partition coefficient (Wildman–Crippen LogP) is 3.33. The summed E-state index contributed by atoms with van der Waals surface area (Å²) in [5, 5.41) is 31.2. The largest absolute Gasteiger partial charge is 0.491 e. The van der Waals surface area contributed by atoms with E-state index < -0.39 is 37.1 Å². The van der Waals surface area contributed by atoms with Crippen LogP contribution in [0.3, 0.4) is 0 Å². The third kappa shape index (κ3) is 4.65. The number of aliphatic hydroxyl groups is 3. The Bertz CT molecular complexity index is 984. The van der Waals surface area contributed by atoms with Gasteiger partial charge in [0, 0.05) is 19.1 Å². The number of hydrogen-bond donors (Lipinski definition) is 3. The van der Waals surface area contributed by atoms with E-state index in [1.807, 2.05) is 6.07 Å². The monoisotopic (exact) mass is 476 g/mol. The van der Waals surface area contributed by atoms with Crippen molar-refractivity contribution >= 4 is 11.6 Å². The molecule has 5 atom stereocenters. The van der Waals surface area contributed by atoms with Crippen molar-refractivity contribution in [2.45, 2.75) is 69.5 Å². The fourth-order valence-electron chi connectivity index (χ4n) is 4.74. The Kier molecular flexibility index (Phi) is 7.06. The molecule has 1 fully saturated rings. The van der Waals surface area contributed by atoms with Crippen LogP contribution < -0.4 is 4.74 Å². The summed E-state index contributed by atoms with van der Waals surface area (Å²) in [7, 11) is 1.47. The lowest BCUT2D eigenvalue weighted by molar-refractivity contribution is -0.238. The van der Waals surface area contributed by atoms with Crippen molar-refractivity contribution in [1.82, 2.24) is 0 Å². The second-order valence-electron chi connectivity index (χ2n) is 9.93. The van der Waals surface area contributed by atoms with Gasteiger partial charge >= 0.3 is 0 Å². The van der Waals surface area contributed by atoms with Gasteiger partial charge in [-0.15, -0.1) is 0 Å². The summed E-state index contributed by atoms with van der Waals surface area (Å²) in [6.45, 7) is 6.65. The molecule has 180 valence electrons. The molecule has 0 radical (unpaired) electrons. The normalized spacial score (nSPS) is 27.3. The first-order chi connectivity index (χ1) is 15.7. The molecule has 2 aliphatic rings. The zero-order valence-corrected chi connectivity index (χ0v) is 20.3. The van der Waals surface area contributed by atoms with E-state index in [0.29, 0.717) is 30.2 Å². The van der Waals surface area contributed by atoms with Gasteiger partial charge in [-0.3, -0.25) is 0 Å². The van der Waals surface area contributed by atoms with E-state index in [-0.39, 0.29) is 5.41 Å². The quantitative estimate of drug-likeness (QED) is 0.613.